The molecule has 1 aliphatic carbocycles. The quantitative estimate of drug-likeness (QED) is 0.451. The Morgan fingerprint density at radius 1 is 1.27 bits per heavy atom. The number of aromatic amines is 1. The van der Waals surface area contributed by atoms with Crippen LogP contribution < -0.4 is 10.00 Å². The SMILES string of the molecule is Cc1nn[nH][n+]1-c1ccc(C(CC2CCCC2)C(=O)Nc2ccc(Br)cn2)cc1C(F)(F)F. The standard InChI is InChI=1S/C22H22BrF3N6O/c1-13-29-30-31-32(13)19-8-6-15(11-18(19)22(24,25)26)17(10-14-4-2-3-5-14)21(33)28-20-9-7-16(23)12-27-20/h6-9,11-12,14,17H,2-5,10H2,1H3,(H,27,28,33)/p+1. The number of aryl methyl sites for hydroxylation is 1. The number of halogens is 4. The molecule has 2 heterocycles. The zero-order valence-corrected chi connectivity index (χ0v) is 19.4. The van der Waals surface area contributed by atoms with Crippen LogP contribution in [0, 0.1) is 12.8 Å². The van der Waals surface area contributed by atoms with Gasteiger partial charge in [-0.2, -0.15) is 13.2 Å². The molecule has 4 rings (SSSR count). The van der Waals surface area contributed by atoms with Gasteiger partial charge in [0.15, 0.2) is 5.21 Å². The molecule has 1 aliphatic rings. The van der Waals surface area contributed by atoms with E-state index >= 15 is 0 Å². The molecule has 2 aromatic heterocycles. The predicted octanol–water partition coefficient (Wildman–Crippen LogP) is 4.87. The molecule has 0 bridgehead atoms. The third-order valence-electron chi connectivity index (χ3n) is 5.97. The van der Waals surface area contributed by atoms with Crippen LogP contribution in [0.4, 0.5) is 19.0 Å². The van der Waals surface area contributed by atoms with E-state index in [0.717, 1.165) is 36.2 Å². The third-order valence-corrected chi connectivity index (χ3v) is 6.44. The Hall–Kier alpha value is -2.82. The molecule has 1 atom stereocenters. The number of benzene rings is 1. The van der Waals surface area contributed by atoms with Crippen molar-refractivity contribution in [3.8, 4) is 5.69 Å². The van der Waals surface area contributed by atoms with E-state index in [0.29, 0.717) is 23.7 Å². The Morgan fingerprint density at radius 3 is 2.64 bits per heavy atom. The minimum atomic E-state index is -4.63. The lowest BCUT2D eigenvalue weighted by molar-refractivity contribution is -0.667. The van der Waals surface area contributed by atoms with Gasteiger partial charge in [0.1, 0.15) is 16.6 Å². The number of H-pyrrole nitrogens is 1. The second-order valence-corrected chi connectivity index (χ2v) is 9.16. The van der Waals surface area contributed by atoms with Gasteiger partial charge < -0.3 is 5.32 Å². The number of rotatable bonds is 6. The summed E-state index contributed by atoms with van der Waals surface area (Å²) in [5.41, 5.74) is -0.660. The van der Waals surface area contributed by atoms with Crippen LogP contribution in [-0.2, 0) is 11.0 Å². The van der Waals surface area contributed by atoms with E-state index in [1.54, 1.807) is 31.3 Å². The smallest absolute Gasteiger partial charge is 0.310 e. The van der Waals surface area contributed by atoms with Crippen LogP contribution in [0.5, 0.6) is 0 Å². The number of pyridine rings is 1. The molecular formula is C22H23BrF3N6O+. The van der Waals surface area contributed by atoms with E-state index in [1.165, 1.54) is 10.7 Å². The summed E-state index contributed by atoms with van der Waals surface area (Å²) in [5, 5.41) is 12.5. The summed E-state index contributed by atoms with van der Waals surface area (Å²) in [5.74, 6) is -0.179. The van der Waals surface area contributed by atoms with Gasteiger partial charge >= 0.3 is 12.0 Å². The van der Waals surface area contributed by atoms with Crippen LogP contribution in [-0.4, -0.2) is 26.4 Å². The highest BCUT2D eigenvalue weighted by atomic mass is 79.9. The maximum atomic E-state index is 14.0. The highest BCUT2D eigenvalue weighted by Gasteiger charge is 2.38. The molecule has 0 spiro atoms. The molecule has 174 valence electrons. The average molecular weight is 524 g/mol. The van der Waals surface area contributed by atoms with E-state index < -0.39 is 17.7 Å². The number of carbonyl (C=O) groups is 1. The molecule has 1 amide bonds. The summed E-state index contributed by atoms with van der Waals surface area (Å²) in [6.07, 6.45) is 1.49. The zero-order chi connectivity index (χ0) is 23.6. The fraction of sp³-hybridized carbons (Fsp3) is 0.409. The largest absolute Gasteiger partial charge is 0.419 e. The molecular weight excluding hydrogens is 501 g/mol. The predicted molar refractivity (Wildman–Crippen MR) is 118 cm³/mol. The molecule has 1 fully saturated rings. The van der Waals surface area contributed by atoms with Gasteiger partial charge in [0.25, 0.3) is 0 Å². The Bertz CT molecular complexity index is 1130. The van der Waals surface area contributed by atoms with Crippen molar-refractivity contribution in [1.29, 1.82) is 0 Å². The van der Waals surface area contributed by atoms with Crippen LogP contribution in [0.25, 0.3) is 5.69 Å². The lowest BCUT2D eigenvalue weighted by Gasteiger charge is -2.22. The lowest BCUT2D eigenvalue weighted by atomic mass is 9.86. The number of alkyl halides is 3. The summed E-state index contributed by atoms with van der Waals surface area (Å²) < 4.78 is 44.0. The van der Waals surface area contributed by atoms with E-state index in [-0.39, 0.29) is 17.4 Å². The fourth-order valence-corrected chi connectivity index (χ4v) is 4.55. The molecule has 1 aromatic carbocycles. The van der Waals surface area contributed by atoms with Crippen molar-refractivity contribution in [1.82, 2.24) is 20.5 Å². The molecule has 1 saturated carbocycles. The van der Waals surface area contributed by atoms with Crippen molar-refractivity contribution >= 4 is 27.7 Å². The minimum absolute atomic E-state index is 0.122. The number of carbonyl (C=O) groups excluding carboxylic acids is 1. The number of aromatic nitrogens is 5. The van der Waals surface area contributed by atoms with E-state index in [4.69, 9.17) is 0 Å². The van der Waals surface area contributed by atoms with Gasteiger partial charge in [-0.3, -0.25) is 4.79 Å². The van der Waals surface area contributed by atoms with Crippen molar-refractivity contribution in [2.75, 3.05) is 5.32 Å². The van der Waals surface area contributed by atoms with E-state index in [2.05, 4.69) is 41.8 Å². The van der Waals surface area contributed by atoms with Crippen LogP contribution in [0.2, 0.25) is 0 Å². The summed E-state index contributed by atoms with van der Waals surface area (Å²) >= 11 is 3.30. The maximum absolute atomic E-state index is 14.0. The number of anilines is 1. The summed E-state index contributed by atoms with van der Waals surface area (Å²) in [4.78, 5) is 17.4. The first-order valence-corrected chi connectivity index (χ1v) is 11.5. The molecule has 33 heavy (non-hydrogen) atoms. The fourth-order valence-electron chi connectivity index (χ4n) is 4.31. The Morgan fingerprint density at radius 2 is 2.03 bits per heavy atom. The topological polar surface area (TPSA) is 87.4 Å². The number of nitrogens with zero attached hydrogens (tertiary/aromatic N) is 4. The monoisotopic (exact) mass is 523 g/mol. The number of tetrazole rings is 1. The van der Waals surface area contributed by atoms with E-state index in [1.807, 2.05) is 0 Å². The van der Waals surface area contributed by atoms with Crippen LogP contribution in [0.3, 0.4) is 0 Å². The number of amides is 1. The van der Waals surface area contributed by atoms with Gasteiger partial charge in [0, 0.05) is 17.6 Å². The summed E-state index contributed by atoms with van der Waals surface area (Å²) in [6, 6.07) is 7.38. The van der Waals surface area contributed by atoms with Gasteiger partial charge in [-0.1, -0.05) is 37.0 Å². The Balaban J connectivity index is 1.71. The molecule has 3 aromatic rings. The normalized spacial score (nSPS) is 15.5. The zero-order valence-electron chi connectivity index (χ0n) is 17.9. The Kier molecular flexibility index (Phi) is 6.78. The lowest BCUT2D eigenvalue weighted by Crippen LogP contribution is -2.38. The second-order valence-electron chi connectivity index (χ2n) is 8.25. The molecule has 0 aliphatic heterocycles. The highest BCUT2D eigenvalue weighted by molar-refractivity contribution is 9.10. The molecule has 11 heteroatoms. The van der Waals surface area contributed by atoms with E-state index in [9.17, 15) is 18.0 Å². The van der Waals surface area contributed by atoms with Gasteiger partial charge in [0.2, 0.25) is 5.91 Å². The van der Waals surface area contributed by atoms with Crippen molar-refractivity contribution in [2.24, 2.45) is 5.92 Å². The molecule has 1 unspecified atom stereocenters. The first kappa shape index (κ1) is 23.3. The van der Waals surface area contributed by atoms with Gasteiger partial charge in [-0.05, 0) is 58.1 Å². The van der Waals surface area contributed by atoms with Crippen LogP contribution >= 0.6 is 15.9 Å². The van der Waals surface area contributed by atoms with Gasteiger partial charge in [-0.15, -0.1) is 4.68 Å². The summed E-state index contributed by atoms with van der Waals surface area (Å²) in [6.45, 7) is 1.55. The number of hydrogen-bond donors (Lipinski definition) is 2. The molecule has 7 nitrogen and oxygen atoms in total. The van der Waals surface area contributed by atoms with Crippen LogP contribution in [0.15, 0.2) is 41.0 Å². The van der Waals surface area contributed by atoms with Crippen molar-refractivity contribution in [3.05, 3.63) is 58.0 Å². The van der Waals surface area contributed by atoms with Crippen LogP contribution in [0.1, 0.15) is 55.0 Å². The molecule has 0 saturated heterocycles. The molecule has 2 N–H and O–H groups in total. The number of nitrogens with one attached hydrogen (secondary N) is 2. The average Bonchev–Trinajstić information content (AvgIpc) is 3.44. The van der Waals surface area contributed by atoms with Crippen molar-refractivity contribution < 1.29 is 22.6 Å². The highest BCUT2D eigenvalue weighted by Crippen LogP contribution is 2.38. The number of hydrogen-bond acceptors (Lipinski definition) is 4. The van der Waals surface area contributed by atoms with Gasteiger partial charge in [0.05, 0.1) is 11.5 Å². The first-order chi connectivity index (χ1) is 15.7. The second kappa shape index (κ2) is 9.58. The third kappa shape index (κ3) is 5.40. The first-order valence-electron chi connectivity index (χ1n) is 10.7. The maximum Gasteiger partial charge on any atom is 0.419 e. The van der Waals surface area contributed by atoms with Crippen molar-refractivity contribution in [2.45, 2.75) is 51.1 Å². The molecule has 0 radical (unpaired) electrons. The summed E-state index contributed by atoms with van der Waals surface area (Å²) in [7, 11) is 0. The minimum Gasteiger partial charge on any atom is -0.310 e. The van der Waals surface area contributed by atoms with Crippen molar-refractivity contribution in [3.63, 3.8) is 0 Å². The van der Waals surface area contributed by atoms with Gasteiger partial charge in [-0.25, -0.2) is 4.98 Å². The Labute approximate surface area is 196 Å².